The highest BCUT2D eigenvalue weighted by molar-refractivity contribution is 6.04. The first-order valence-corrected chi connectivity index (χ1v) is 13.7. The standard InChI is InChI=1S/C32H33N3O3/c1-20-5-3-4-6-24(20)29-26(30(38-33-29)22-7-8-22)15-21-17-32(18-21)11-13-35(14-12-32)23-9-10-25-27(31(36)37)19-34(2)28(25)16-23/h3-6,9-10,15-16,19,22H,7-8,11-14,17-18H2,1-2H3,(H,36,37). The van der Waals surface area contributed by atoms with E-state index in [0.29, 0.717) is 16.9 Å². The lowest BCUT2D eigenvalue weighted by molar-refractivity contribution is 0.0699. The number of hydrogen-bond donors (Lipinski definition) is 1. The number of allylic oxidation sites excluding steroid dienone is 1. The van der Waals surface area contributed by atoms with Crippen LogP contribution in [0.1, 0.15) is 71.7 Å². The van der Waals surface area contributed by atoms with Crippen LogP contribution >= 0.6 is 0 Å². The molecule has 6 heteroatoms. The maximum atomic E-state index is 11.6. The maximum absolute atomic E-state index is 11.6. The van der Waals surface area contributed by atoms with Crippen LogP contribution in [0.4, 0.5) is 5.69 Å². The van der Waals surface area contributed by atoms with Crippen molar-refractivity contribution in [2.75, 3.05) is 18.0 Å². The minimum Gasteiger partial charge on any atom is -0.478 e. The van der Waals surface area contributed by atoms with Crippen molar-refractivity contribution in [2.45, 2.75) is 51.4 Å². The number of carboxylic acid groups (broad SMARTS) is 1. The highest BCUT2D eigenvalue weighted by Crippen LogP contribution is 2.54. The zero-order valence-electron chi connectivity index (χ0n) is 22.0. The predicted octanol–water partition coefficient (Wildman–Crippen LogP) is 7.18. The third-order valence-corrected chi connectivity index (χ3v) is 9.05. The Bertz CT molecular complexity index is 1590. The van der Waals surface area contributed by atoms with Crippen molar-refractivity contribution in [1.82, 2.24) is 9.72 Å². The van der Waals surface area contributed by atoms with Crippen molar-refractivity contribution >= 4 is 28.6 Å². The molecule has 6 nitrogen and oxygen atoms in total. The van der Waals surface area contributed by atoms with Gasteiger partial charge in [0.05, 0.1) is 11.1 Å². The lowest BCUT2D eigenvalue weighted by atomic mass is 9.60. The van der Waals surface area contributed by atoms with Gasteiger partial charge in [-0.3, -0.25) is 0 Å². The molecule has 0 bridgehead atoms. The van der Waals surface area contributed by atoms with Crippen LogP contribution in [0.5, 0.6) is 0 Å². The van der Waals surface area contributed by atoms with Gasteiger partial charge in [-0.1, -0.05) is 35.0 Å². The summed E-state index contributed by atoms with van der Waals surface area (Å²) in [7, 11) is 1.92. The largest absolute Gasteiger partial charge is 0.478 e. The van der Waals surface area contributed by atoms with E-state index in [1.165, 1.54) is 53.6 Å². The topological polar surface area (TPSA) is 71.5 Å². The van der Waals surface area contributed by atoms with Gasteiger partial charge in [-0.15, -0.1) is 0 Å². The van der Waals surface area contributed by atoms with E-state index in [2.05, 4.69) is 59.5 Å². The van der Waals surface area contributed by atoms with Gasteiger partial charge in [-0.25, -0.2) is 4.79 Å². The van der Waals surface area contributed by atoms with Gasteiger partial charge in [0.2, 0.25) is 0 Å². The highest BCUT2D eigenvalue weighted by Gasteiger charge is 2.43. The summed E-state index contributed by atoms with van der Waals surface area (Å²) in [4.78, 5) is 14.0. The summed E-state index contributed by atoms with van der Waals surface area (Å²) in [6, 6.07) is 14.6. The molecule has 2 aromatic heterocycles. The summed E-state index contributed by atoms with van der Waals surface area (Å²) in [5.41, 5.74) is 9.04. The Morgan fingerprint density at radius 1 is 1.13 bits per heavy atom. The first kappa shape index (κ1) is 23.3. The molecular weight excluding hydrogens is 474 g/mol. The normalized spacial score (nSPS) is 18.7. The number of aromatic carboxylic acids is 1. The Morgan fingerprint density at radius 2 is 1.89 bits per heavy atom. The number of carboxylic acids is 1. The number of anilines is 1. The number of benzene rings is 2. The fraction of sp³-hybridized carbons (Fsp3) is 0.375. The fourth-order valence-corrected chi connectivity index (χ4v) is 6.67. The van der Waals surface area contributed by atoms with Gasteiger partial charge in [0, 0.05) is 54.5 Å². The minimum atomic E-state index is -0.876. The van der Waals surface area contributed by atoms with Gasteiger partial charge in [0.25, 0.3) is 0 Å². The highest BCUT2D eigenvalue weighted by atomic mass is 16.5. The molecule has 3 heterocycles. The second-order valence-corrected chi connectivity index (χ2v) is 11.7. The van der Waals surface area contributed by atoms with E-state index >= 15 is 0 Å². The molecule has 0 unspecified atom stereocenters. The average Bonchev–Trinajstić information content (AvgIpc) is 3.58. The quantitative estimate of drug-likeness (QED) is 0.310. The number of fused-ring (bicyclic) bond motifs is 1. The van der Waals surface area contributed by atoms with Crippen LogP contribution in [0.25, 0.3) is 28.2 Å². The first-order valence-electron chi connectivity index (χ1n) is 13.7. The van der Waals surface area contributed by atoms with Crippen LogP contribution in [0.2, 0.25) is 0 Å². The van der Waals surface area contributed by atoms with Crippen LogP contribution < -0.4 is 4.90 Å². The minimum absolute atomic E-state index is 0.365. The zero-order valence-corrected chi connectivity index (χ0v) is 22.0. The number of piperidine rings is 1. The van der Waals surface area contributed by atoms with Crippen molar-refractivity contribution < 1.29 is 14.4 Å². The SMILES string of the molecule is Cc1ccccc1-c1noc(C2CC2)c1C=C1CC2(CCN(c3ccc4c(C(=O)O)cn(C)c4c3)CC2)C1. The van der Waals surface area contributed by atoms with Crippen molar-refractivity contribution in [1.29, 1.82) is 0 Å². The average molecular weight is 508 g/mol. The molecule has 4 aromatic rings. The summed E-state index contributed by atoms with van der Waals surface area (Å²) in [5, 5.41) is 14.8. The Morgan fingerprint density at radius 3 is 2.61 bits per heavy atom. The summed E-state index contributed by atoms with van der Waals surface area (Å²) in [6.45, 7) is 4.21. The lowest BCUT2D eigenvalue weighted by Crippen LogP contribution is -2.44. The molecule has 0 radical (unpaired) electrons. The number of carbonyl (C=O) groups is 1. The molecule has 194 valence electrons. The summed E-state index contributed by atoms with van der Waals surface area (Å²) in [5.74, 6) is 0.727. The van der Waals surface area contributed by atoms with Gasteiger partial charge in [-0.05, 0) is 80.7 Å². The first-order chi connectivity index (χ1) is 18.4. The number of aryl methyl sites for hydroxylation is 2. The molecular formula is C32H33N3O3. The van der Waals surface area contributed by atoms with Gasteiger partial charge in [-0.2, -0.15) is 0 Å². The third-order valence-electron chi connectivity index (χ3n) is 9.05. The van der Waals surface area contributed by atoms with Crippen molar-refractivity contribution in [3.63, 3.8) is 0 Å². The summed E-state index contributed by atoms with van der Waals surface area (Å²) >= 11 is 0. The Hall–Kier alpha value is -3.80. The maximum Gasteiger partial charge on any atom is 0.337 e. The Balaban J connectivity index is 1.08. The Kier molecular flexibility index (Phi) is 5.29. The molecule has 2 aromatic carbocycles. The zero-order chi connectivity index (χ0) is 26.0. The molecule has 1 spiro atoms. The summed E-state index contributed by atoms with van der Waals surface area (Å²) < 4.78 is 7.84. The Labute approximate surface area is 222 Å². The second kappa shape index (κ2) is 8.62. The summed E-state index contributed by atoms with van der Waals surface area (Å²) in [6.07, 6.45) is 11.2. The smallest absolute Gasteiger partial charge is 0.337 e. The molecule has 3 fully saturated rings. The van der Waals surface area contributed by atoms with Crippen LogP contribution in [0, 0.1) is 12.3 Å². The van der Waals surface area contributed by atoms with Crippen molar-refractivity contribution in [2.24, 2.45) is 12.5 Å². The van der Waals surface area contributed by atoms with Crippen molar-refractivity contribution in [3.05, 3.63) is 76.7 Å². The number of rotatable bonds is 5. The van der Waals surface area contributed by atoms with Crippen LogP contribution in [0.15, 0.2) is 58.8 Å². The van der Waals surface area contributed by atoms with Gasteiger partial charge < -0.3 is 19.1 Å². The van der Waals surface area contributed by atoms with E-state index in [1.807, 2.05) is 17.7 Å². The predicted molar refractivity (Wildman–Crippen MR) is 150 cm³/mol. The molecule has 3 aliphatic rings. The molecule has 0 atom stereocenters. The van der Waals surface area contributed by atoms with Crippen molar-refractivity contribution in [3.8, 4) is 11.3 Å². The van der Waals surface area contributed by atoms with E-state index in [4.69, 9.17) is 4.52 Å². The third kappa shape index (κ3) is 3.85. The van der Waals surface area contributed by atoms with Gasteiger partial charge >= 0.3 is 5.97 Å². The van der Waals surface area contributed by atoms with E-state index in [9.17, 15) is 9.90 Å². The van der Waals surface area contributed by atoms with Gasteiger partial charge in [0.15, 0.2) is 0 Å². The number of aromatic nitrogens is 2. The second-order valence-electron chi connectivity index (χ2n) is 11.7. The number of hydrogen-bond acceptors (Lipinski definition) is 4. The lowest BCUT2D eigenvalue weighted by Gasteiger charge is -2.50. The van der Waals surface area contributed by atoms with E-state index in [-0.39, 0.29) is 0 Å². The molecule has 0 amide bonds. The number of nitrogens with zero attached hydrogens (tertiary/aromatic N) is 3. The molecule has 1 saturated heterocycles. The van der Waals surface area contributed by atoms with E-state index in [1.54, 1.807) is 6.20 Å². The molecule has 1 aliphatic heterocycles. The molecule has 7 rings (SSSR count). The van der Waals surface area contributed by atoms with Crippen LogP contribution in [-0.2, 0) is 7.05 Å². The van der Waals surface area contributed by atoms with Crippen LogP contribution in [0.3, 0.4) is 0 Å². The monoisotopic (exact) mass is 507 g/mol. The molecule has 2 saturated carbocycles. The molecule has 1 N–H and O–H groups in total. The van der Waals surface area contributed by atoms with Gasteiger partial charge in [0.1, 0.15) is 11.5 Å². The van der Waals surface area contributed by atoms with E-state index < -0.39 is 5.97 Å². The fourth-order valence-electron chi connectivity index (χ4n) is 6.67. The van der Waals surface area contributed by atoms with Crippen LogP contribution in [-0.4, -0.2) is 33.9 Å². The molecule has 38 heavy (non-hydrogen) atoms. The molecule has 2 aliphatic carbocycles. The van der Waals surface area contributed by atoms with E-state index in [0.717, 1.165) is 48.3 Å².